The number of carbonyl (C=O) groups is 2. The van der Waals surface area contributed by atoms with Gasteiger partial charge in [0.15, 0.2) is 5.60 Å². The van der Waals surface area contributed by atoms with Gasteiger partial charge >= 0.3 is 12.0 Å². The first-order valence-electron chi connectivity index (χ1n) is 13.1. The van der Waals surface area contributed by atoms with E-state index in [1.165, 1.54) is 20.6 Å². The monoisotopic (exact) mass is 548 g/mol. The van der Waals surface area contributed by atoms with Crippen molar-refractivity contribution in [1.29, 1.82) is 0 Å². The Morgan fingerprint density at radius 1 is 0.947 bits per heavy atom. The van der Waals surface area contributed by atoms with Crippen LogP contribution in [0.15, 0.2) is 36.4 Å². The number of methoxy groups -OCH3 is 2. The van der Waals surface area contributed by atoms with Crippen LogP contribution in [0, 0.1) is 0 Å². The van der Waals surface area contributed by atoms with Crippen molar-refractivity contribution in [3.8, 4) is 17.2 Å². The summed E-state index contributed by atoms with van der Waals surface area (Å²) in [4.78, 5) is 27.3. The maximum absolute atomic E-state index is 13.4. The van der Waals surface area contributed by atoms with E-state index in [9.17, 15) is 9.59 Å². The number of carbonyl (C=O) groups excluding carboxylic acids is 2. The van der Waals surface area contributed by atoms with Crippen LogP contribution in [0.2, 0.25) is 5.02 Å². The van der Waals surface area contributed by atoms with Crippen LogP contribution in [0.4, 0.5) is 10.5 Å². The van der Waals surface area contributed by atoms with E-state index in [0.717, 1.165) is 31.2 Å². The van der Waals surface area contributed by atoms with Gasteiger partial charge in [-0.1, -0.05) is 56.3 Å². The number of unbranched alkanes of at least 4 members (excludes halogenated alkanes) is 4. The van der Waals surface area contributed by atoms with Crippen LogP contribution >= 0.6 is 11.6 Å². The summed E-state index contributed by atoms with van der Waals surface area (Å²) in [5, 5.41) is 3.31. The number of amides is 2. The first-order chi connectivity index (χ1) is 18.1. The molecule has 2 aromatic rings. The first-order valence-corrected chi connectivity index (χ1v) is 13.5. The Bertz CT molecular complexity index is 1040. The summed E-state index contributed by atoms with van der Waals surface area (Å²) in [5.74, 6) is 1.03. The number of nitrogens with one attached hydrogen (secondary N) is 1. The van der Waals surface area contributed by atoms with Crippen LogP contribution in [0.5, 0.6) is 17.2 Å². The summed E-state index contributed by atoms with van der Waals surface area (Å²) in [7, 11) is 3.05. The molecule has 0 saturated heterocycles. The van der Waals surface area contributed by atoms with Crippen molar-refractivity contribution in [3.05, 3.63) is 47.0 Å². The molecule has 38 heavy (non-hydrogen) atoms. The maximum Gasteiger partial charge on any atom is 0.349 e. The van der Waals surface area contributed by atoms with Crippen LogP contribution in [-0.4, -0.2) is 49.9 Å². The lowest BCUT2D eigenvalue weighted by molar-refractivity contribution is -0.158. The number of ether oxygens (including phenoxy) is 4. The molecule has 0 spiro atoms. The van der Waals surface area contributed by atoms with Crippen LogP contribution in [-0.2, 0) is 16.1 Å². The first kappa shape index (κ1) is 31.1. The van der Waals surface area contributed by atoms with Gasteiger partial charge in [-0.25, -0.2) is 9.59 Å². The average Bonchev–Trinajstić information content (AvgIpc) is 2.89. The highest BCUT2D eigenvalue weighted by atomic mass is 35.5. The molecule has 0 heterocycles. The lowest BCUT2D eigenvalue weighted by atomic mass is 10.1. The van der Waals surface area contributed by atoms with E-state index in [1.54, 1.807) is 49.9 Å². The fourth-order valence-electron chi connectivity index (χ4n) is 3.84. The Labute approximate surface area is 231 Å². The van der Waals surface area contributed by atoms with Crippen molar-refractivity contribution in [2.45, 2.75) is 71.9 Å². The zero-order chi connectivity index (χ0) is 28.1. The number of hydrogen-bond acceptors (Lipinski definition) is 6. The fourth-order valence-corrected chi connectivity index (χ4v) is 4.08. The second kappa shape index (κ2) is 15.3. The van der Waals surface area contributed by atoms with E-state index < -0.39 is 11.6 Å². The third kappa shape index (κ3) is 9.31. The van der Waals surface area contributed by atoms with E-state index in [-0.39, 0.29) is 12.6 Å². The number of nitrogens with zero attached hydrogens (tertiary/aromatic N) is 1. The van der Waals surface area contributed by atoms with Crippen LogP contribution < -0.4 is 19.5 Å². The molecular formula is C29H41ClN2O6. The third-order valence-corrected chi connectivity index (χ3v) is 6.27. The summed E-state index contributed by atoms with van der Waals surface area (Å²) in [6.07, 6.45) is 5.41. The molecule has 210 valence electrons. The Hall–Kier alpha value is -3.13. The molecule has 0 bridgehead atoms. The third-order valence-electron chi connectivity index (χ3n) is 5.97. The van der Waals surface area contributed by atoms with Crippen molar-refractivity contribution < 1.29 is 28.5 Å². The minimum Gasteiger partial charge on any atom is -0.495 e. The average molecular weight is 549 g/mol. The van der Waals surface area contributed by atoms with Gasteiger partial charge in [-0.2, -0.15) is 0 Å². The van der Waals surface area contributed by atoms with Crippen molar-refractivity contribution >= 4 is 29.3 Å². The number of benzene rings is 2. The topological polar surface area (TPSA) is 86.3 Å². The van der Waals surface area contributed by atoms with Gasteiger partial charge in [0.25, 0.3) is 0 Å². The van der Waals surface area contributed by atoms with E-state index in [1.807, 2.05) is 12.1 Å². The molecule has 0 aliphatic heterocycles. The molecule has 2 aromatic carbocycles. The molecule has 0 aromatic heterocycles. The van der Waals surface area contributed by atoms with E-state index in [0.29, 0.717) is 41.0 Å². The van der Waals surface area contributed by atoms with E-state index in [2.05, 4.69) is 12.2 Å². The molecule has 9 heteroatoms. The lowest BCUT2D eigenvalue weighted by Crippen LogP contribution is -2.39. The summed E-state index contributed by atoms with van der Waals surface area (Å²) in [6.45, 7) is 8.55. The second-order valence-corrected chi connectivity index (χ2v) is 9.84. The van der Waals surface area contributed by atoms with Gasteiger partial charge in [0.1, 0.15) is 17.2 Å². The highest BCUT2D eigenvalue weighted by Crippen LogP contribution is 2.36. The predicted molar refractivity (Wildman–Crippen MR) is 151 cm³/mol. The Morgan fingerprint density at radius 3 is 2.21 bits per heavy atom. The minimum absolute atomic E-state index is 0.260. The molecule has 0 saturated carbocycles. The summed E-state index contributed by atoms with van der Waals surface area (Å²) in [5.41, 5.74) is 0.277. The van der Waals surface area contributed by atoms with Gasteiger partial charge in [0.05, 0.1) is 31.5 Å². The van der Waals surface area contributed by atoms with Gasteiger partial charge in [-0.15, -0.1) is 0 Å². The number of rotatable bonds is 15. The number of hydrogen-bond donors (Lipinski definition) is 1. The SMILES string of the molecule is CCCCCCCN(Cc1ccc(OC(C)(C)C(=O)OCC)cc1)C(=O)Nc1cc(Cl)c(OC)cc1OC. The van der Waals surface area contributed by atoms with Gasteiger partial charge in [-0.05, 0) is 51.0 Å². The van der Waals surface area contributed by atoms with Gasteiger partial charge in [0.2, 0.25) is 0 Å². The predicted octanol–water partition coefficient (Wildman–Crippen LogP) is 7.08. The molecule has 0 aliphatic carbocycles. The second-order valence-electron chi connectivity index (χ2n) is 9.43. The maximum atomic E-state index is 13.4. The molecule has 0 fully saturated rings. The Morgan fingerprint density at radius 2 is 1.61 bits per heavy atom. The Kier molecular flexibility index (Phi) is 12.5. The molecule has 2 amide bonds. The molecule has 0 aliphatic rings. The zero-order valence-corrected chi connectivity index (χ0v) is 24.2. The van der Waals surface area contributed by atoms with E-state index >= 15 is 0 Å². The number of halogens is 1. The lowest BCUT2D eigenvalue weighted by Gasteiger charge is -2.25. The van der Waals surface area contributed by atoms with Gasteiger partial charge in [0, 0.05) is 19.2 Å². The highest BCUT2D eigenvalue weighted by molar-refractivity contribution is 6.32. The largest absolute Gasteiger partial charge is 0.495 e. The van der Waals surface area contributed by atoms with Crippen LogP contribution in [0.3, 0.4) is 0 Å². The molecule has 8 nitrogen and oxygen atoms in total. The van der Waals surface area contributed by atoms with Crippen LogP contribution in [0.25, 0.3) is 0 Å². The quantitative estimate of drug-likeness (QED) is 0.189. The van der Waals surface area contributed by atoms with Crippen molar-refractivity contribution in [2.24, 2.45) is 0 Å². The molecule has 0 unspecified atom stereocenters. The molecule has 0 atom stereocenters. The minimum atomic E-state index is -1.11. The van der Waals surface area contributed by atoms with Crippen molar-refractivity contribution in [1.82, 2.24) is 4.90 Å². The Balaban J connectivity index is 2.16. The highest BCUT2D eigenvalue weighted by Gasteiger charge is 2.31. The van der Waals surface area contributed by atoms with Crippen LogP contribution in [0.1, 0.15) is 65.4 Å². The van der Waals surface area contributed by atoms with Gasteiger partial charge in [-0.3, -0.25) is 0 Å². The summed E-state index contributed by atoms with van der Waals surface area (Å²) >= 11 is 6.29. The van der Waals surface area contributed by atoms with E-state index in [4.69, 9.17) is 30.5 Å². The standard InChI is InChI=1S/C29H41ClN2O6/c1-7-9-10-11-12-17-32(28(34)31-24-18-23(30)25(35-5)19-26(24)36-6)20-21-13-15-22(16-14-21)38-29(3,4)27(33)37-8-2/h13-16,18-19H,7-12,17,20H2,1-6H3,(H,31,34). The van der Waals surface area contributed by atoms with Crippen molar-refractivity contribution in [3.63, 3.8) is 0 Å². The summed E-state index contributed by atoms with van der Waals surface area (Å²) in [6, 6.07) is 10.4. The molecule has 1 N–H and O–H groups in total. The zero-order valence-electron chi connectivity index (χ0n) is 23.4. The summed E-state index contributed by atoms with van der Waals surface area (Å²) < 4.78 is 21.6. The number of esters is 1. The molecule has 0 radical (unpaired) electrons. The number of anilines is 1. The fraction of sp³-hybridized carbons (Fsp3) is 0.517. The number of urea groups is 1. The van der Waals surface area contributed by atoms with Crippen molar-refractivity contribution in [2.75, 3.05) is 32.7 Å². The molecular weight excluding hydrogens is 508 g/mol. The smallest absolute Gasteiger partial charge is 0.349 e. The molecule has 2 rings (SSSR count). The normalized spacial score (nSPS) is 11.0. The van der Waals surface area contributed by atoms with Gasteiger partial charge < -0.3 is 29.2 Å².